The van der Waals surface area contributed by atoms with Gasteiger partial charge in [-0.3, -0.25) is 0 Å². The summed E-state index contributed by atoms with van der Waals surface area (Å²) in [5.41, 5.74) is 6.59. The molecular weight excluding hydrogens is 489 g/mol. The quantitative estimate of drug-likeness (QED) is 0.271. The highest BCUT2D eigenvalue weighted by molar-refractivity contribution is 7.16. The lowest BCUT2D eigenvalue weighted by Gasteiger charge is -2.50. The van der Waals surface area contributed by atoms with Crippen LogP contribution in [0.2, 0.25) is 18.6 Å². The normalized spacial score (nSPS) is 36.2. The first-order chi connectivity index (χ1) is 17.3. The Balaban J connectivity index is 1.23. The van der Waals surface area contributed by atoms with Gasteiger partial charge in [0, 0.05) is 25.0 Å². The second kappa shape index (κ2) is 8.95. The van der Waals surface area contributed by atoms with Crippen LogP contribution in [-0.4, -0.2) is 8.07 Å². The smallest absolute Gasteiger partial charge is 0.0699 e. The van der Waals surface area contributed by atoms with Gasteiger partial charge in [0.2, 0.25) is 0 Å². The van der Waals surface area contributed by atoms with Crippen LogP contribution >= 0.6 is 22.7 Å². The molecular formula is C33H46S2Si. The second-order valence-corrected chi connectivity index (χ2v) is 21.5. The number of hydrogen-bond donors (Lipinski definition) is 0. The summed E-state index contributed by atoms with van der Waals surface area (Å²) >= 11 is 4.25. The zero-order chi connectivity index (χ0) is 24.8. The van der Waals surface area contributed by atoms with Crippen LogP contribution in [-0.2, 0) is 0 Å². The van der Waals surface area contributed by atoms with Gasteiger partial charge in [-0.15, -0.1) is 22.7 Å². The van der Waals surface area contributed by atoms with E-state index in [0.29, 0.717) is 5.54 Å². The van der Waals surface area contributed by atoms with Gasteiger partial charge >= 0.3 is 0 Å². The first-order valence-corrected chi connectivity index (χ1v) is 20.0. The summed E-state index contributed by atoms with van der Waals surface area (Å²) in [5, 5.41) is 0. The Bertz CT molecular complexity index is 1130. The summed E-state index contributed by atoms with van der Waals surface area (Å²) in [5.74, 6) is 5.99. The molecule has 3 heteroatoms. The highest BCUT2D eigenvalue weighted by Crippen LogP contribution is 2.64. The van der Waals surface area contributed by atoms with Crippen LogP contribution in [0.15, 0.2) is 23.8 Å². The van der Waals surface area contributed by atoms with E-state index in [1.165, 1.54) is 48.3 Å². The first-order valence-electron chi connectivity index (χ1n) is 15.2. The SMILES string of the molecule is CC1=CC2C(C3CCCC4CCCCC43)CCCC2C1[Si](C)(C)C1c2sc(C)cc2-c2cc(C)sc21. The predicted molar refractivity (Wildman–Crippen MR) is 161 cm³/mol. The molecule has 2 heterocycles. The lowest BCUT2D eigenvalue weighted by atomic mass is 9.57. The molecule has 5 aliphatic carbocycles. The fourth-order valence-electron chi connectivity index (χ4n) is 10.7. The van der Waals surface area contributed by atoms with E-state index < -0.39 is 8.07 Å². The molecule has 0 spiro atoms. The fraction of sp³-hybridized carbons (Fsp3) is 0.697. The summed E-state index contributed by atoms with van der Waals surface area (Å²) in [4.78, 5) is 6.51. The van der Waals surface area contributed by atoms with Crippen molar-refractivity contribution in [1.82, 2.24) is 0 Å². The van der Waals surface area contributed by atoms with Crippen LogP contribution in [0.3, 0.4) is 0 Å². The van der Waals surface area contributed by atoms with Gasteiger partial charge in [-0.2, -0.15) is 0 Å². The number of rotatable bonds is 3. The molecule has 0 N–H and O–H groups in total. The third kappa shape index (κ3) is 3.61. The van der Waals surface area contributed by atoms with Crippen molar-refractivity contribution in [3.63, 3.8) is 0 Å². The molecule has 7 rings (SSSR count). The van der Waals surface area contributed by atoms with Gasteiger partial charge in [-0.1, -0.05) is 63.3 Å². The molecule has 194 valence electrons. The molecule has 3 fully saturated rings. The third-order valence-corrected chi connectivity index (χ3v) is 18.9. The average molecular weight is 535 g/mol. The summed E-state index contributed by atoms with van der Waals surface area (Å²) in [6.45, 7) is 12.8. The van der Waals surface area contributed by atoms with Crippen LogP contribution in [0.4, 0.5) is 0 Å². The highest BCUT2D eigenvalue weighted by atomic mass is 32.1. The number of fused-ring (bicyclic) bond motifs is 5. The van der Waals surface area contributed by atoms with Gasteiger partial charge in [0.15, 0.2) is 0 Å². The first kappa shape index (κ1) is 24.4. The number of hydrogen-bond acceptors (Lipinski definition) is 2. The zero-order valence-corrected chi connectivity index (χ0v) is 25.9. The fourth-order valence-corrected chi connectivity index (χ4v) is 19.8. The minimum atomic E-state index is -1.65. The number of allylic oxidation sites excluding steroid dienone is 2. The van der Waals surface area contributed by atoms with Crippen molar-refractivity contribution >= 4 is 30.7 Å². The van der Waals surface area contributed by atoms with Crippen molar-refractivity contribution < 1.29 is 0 Å². The molecule has 3 saturated carbocycles. The molecule has 7 atom stereocenters. The molecule has 0 aromatic carbocycles. The Labute approximate surface area is 229 Å². The summed E-state index contributed by atoms with van der Waals surface area (Å²) in [7, 11) is -1.65. The summed E-state index contributed by atoms with van der Waals surface area (Å²) < 4.78 is 0. The van der Waals surface area contributed by atoms with Crippen LogP contribution in [0, 0.1) is 49.4 Å². The van der Waals surface area contributed by atoms with Gasteiger partial charge in [-0.05, 0) is 111 Å². The largest absolute Gasteiger partial charge is 0.145 e. The van der Waals surface area contributed by atoms with Crippen molar-refractivity contribution in [3.05, 3.63) is 43.3 Å². The lowest BCUT2D eigenvalue weighted by Crippen LogP contribution is -2.46. The van der Waals surface area contributed by atoms with Crippen LogP contribution in [0.1, 0.15) is 96.2 Å². The topological polar surface area (TPSA) is 0 Å². The second-order valence-electron chi connectivity index (χ2n) is 14.1. The molecule has 2 aromatic heterocycles. The standard InChI is InChI=1S/C33H46S2Si/c1-19-16-27-25(24-13-8-11-22-10-6-7-12-23(22)24)14-9-15-26(27)32(19)36(4,5)33-30-28(17-20(2)34-30)29-18-21(3)35-31(29)33/h16-18,22-27,32-33H,6-15H2,1-5H3. The van der Waals surface area contributed by atoms with E-state index >= 15 is 0 Å². The third-order valence-electron chi connectivity index (χ3n) is 11.7. The maximum Gasteiger partial charge on any atom is 0.0699 e. The molecule has 0 aliphatic heterocycles. The van der Waals surface area contributed by atoms with Crippen molar-refractivity contribution in [2.75, 3.05) is 0 Å². The average Bonchev–Trinajstić information content (AvgIpc) is 3.57. The monoisotopic (exact) mass is 534 g/mol. The Kier molecular flexibility index (Phi) is 6.07. The number of aryl methyl sites for hydroxylation is 2. The van der Waals surface area contributed by atoms with Gasteiger partial charge in [0.05, 0.1) is 8.07 Å². The molecule has 7 unspecified atom stereocenters. The van der Waals surface area contributed by atoms with Crippen molar-refractivity contribution in [2.45, 2.75) is 109 Å². The van der Waals surface area contributed by atoms with Gasteiger partial charge in [0.1, 0.15) is 0 Å². The molecule has 0 nitrogen and oxygen atoms in total. The molecule has 0 radical (unpaired) electrons. The molecule has 0 amide bonds. The van der Waals surface area contributed by atoms with E-state index in [1.807, 2.05) is 0 Å². The van der Waals surface area contributed by atoms with E-state index in [-0.39, 0.29) is 0 Å². The van der Waals surface area contributed by atoms with Crippen LogP contribution < -0.4 is 0 Å². The number of thiophene rings is 2. The van der Waals surface area contributed by atoms with Crippen molar-refractivity contribution in [1.29, 1.82) is 0 Å². The molecule has 5 aliphatic rings. The van der Waals surface area contributed by atoms with E-state index in [4.69, 9.17) is 0 Å². The highest BCUT2D eigenvalue weighted by Gasteiger charge is 2.55. The Morgan fingerprint density at radius 3 is 1.94 bits per heavy atom. The van der Waals surface area contributed by atoms with E-state index in [2.05, 4.69) is 74.7 Å². The van der Waals surface area contributed by atoms with E-state index in [1.54, 1.807) is 52.1 Å². The molecule has 0 bridgehead atoms. The Morgan fingerprint density at radius 2 is 1.22 bits per heavy atom. The maximum atomic E-state index is 2.89. The lowest BCUT2D eigenvalue weighted by molar-refractivity contribution is 0.0221. The van der Waals surface area contributed by atoms with Crippen molar-refractivity contribution in [2.24, 2.45) is 35.5 Å². The minimum Gasteiger partial charge on any atom is -0.145 e. The van der Waals surface area contributed by atoms with Crippen molar-refractivity contribution in [3.8, 4) is 11.1 Å². The Hall–Kier alpha value is -0.643. The van der Waals surface area contributed by atoms with E-state index in [0.717, 1.165) is 41.0 Å². The minimum absolute atomic E-state index is 0.713. The Morgan fingerprint density at radius 1 is 0.667 bits per heavy atom. The van der Waals surface area contributed by atoms with Crippen LogP contribution in [0.5, 0.6) is 0 Å². The zero-order valence-electron chi connectivity index (χ0n) is 23.2. The van der Waals surface area contributed by atoms with Gasteiger partial charge in [0.25, 0.3) is 0 Å². The maximum absolute atomic E-state index is 2.89. The van der Waals surface area contributed by atoms with Crippen LogP contribution in [0.25, 0.3) is 11.1 Å². The molecule has 2 aromatic rings. The van der Waals surface area contributed by atoms with Gasteiger partial charge < -0.3 is 0 Å². The van der Waals surface area contributed by atoms with Gasteiger partial charge in [-0.25, -0.2) is 0 Å². The molecule has 36 heavy (non-hydrogen) atoms. The molecule has 0 saturated heterocycles. The predicted octanol–water partition coefficient (Wildman–Crippen LogP) is 10.8. The van der Waals surface area contributed by atoms with E-state index in [9.17, 15) is 0 Å². The summed E-state index contributed by atoms with van der Waals surface area (Å²) in [6, 6.07) is 5.02. The summed E-state index contributed by atoms with van der Waals surface area (Å²) in [6.07, 6.45) is 18.2.